The van der Waals surface area contributed by atoms with E-state index in [4.69, 9.17) is 10.6 Å². The summed E-state index contributed by atoms with van der Waals surface area (Å²) in [5, 5.41) is 5.13. The molecule has 0 aromatic heterocycles. The number of benzene rings is 1. The van der Waals surface area contributed by atoms with Gasteiger partial charge in [-0.05, 0) is 48.5 Å². The van der Waals surface area contributed by atoms with Gasteiger partial charge in [-0.3, -0.25) is 9.63 Å². The molecule has 26 heavy (non-hydrogen) atoms. The molecular formula is C21H30N3O2-. The molecule has 1 heterocycles. The average molecular weight is 356 g/mol. The van der Waals surface area contributed by atoms with Gasteiger partial charge >= 0.3 is 0 Å². The number of nitrogens with zero attached hydrogens (tertiary/aromatic N) is 1. The van der Waals surface area contributed by atoms with Crippen molar-refractivity contribution in [2.75, 3.05) is 6.61 Å². The Kier molecular flexibility index (Phi) is 4.80. The summed E-state index contributed by atoms with van der Waals surface area (Å²) < 4.78 is 0. The van der Waals surface area contributed by atoms with Crippen molar-refractivity contribution in [2.24, 2.45) is 17.3 Å². The van der Waals surface area contributed by atoms with Gasteiger partial charge in [0.2, 0.25) is 5.91 Å². The van der Waals surface area contributed by atoms with Gasteiger partial charge < -0.3 is 11.1 Å². The zero-order valence-electron chi connectivity index (χ0n) is 15.8. The van der Waals surface area contributed by atoms with E-state index in [9.17, 15) is 4.79 Å². The molecule has 5 nitrogen and oxygen atoms in total. The Morgan fingerprint density at radius 2 is 2.00 bits per heavy atom. The molecule has 4 atom stereocenters. The molecule has 2 bridgehead atoms. The van der Waals surface area contributed by atoms with Gasteiger partial charge in [-0.1, -0.05) is 43.7 Å². The van der Waals surface area contributed by atoms with Crippen molar-refractivity contribution in [2.45, 2.75) is 64.7 Å². The van der Waals surface area contributed by atoms with Crippen molar-refractivity contribution in [1.29, 1.82) is 0 Å². The van der Waals surface area contributed by atoms with Crippen molar-refractivity contribution >= 4 is 5.91 Å². The van der Waals surface area contributed by atoms with Crippen LogP contribution in [-0.2, 0) is 22.7 Å². The molecule has 142 valence electrons. The smallest absolute Gasteiger partial charge is 0.240 e. The van der Waals surface area contributed by atoms with Gasteiger partial charge in [-0.15, -0.1) is 6.54 Å². The van der Waals surface area contributed by atoms with Gasteiger partial charge in [0.1, 0.15) is 6.04 Å². The van der Waals surface area contributed by atoms with Crippen molar-refractivity contribution in [3.63, 3.8) is 0 Å². The molecule has 1 aliphatic heterocycles. The fraction of sp³-hybridized carbons (Fsp3) is 0.667. The SMILES string of the molecule is CC1(C)[C@@H]2CC(NC(=O)[C@@H]3CCON3Cc3cccc(C[NH-])c3)C[C@H]1C2. The Labute approximate surface area is 156 Å². The van der Waals surface area contributed by atoms with Crippen molar-refractivity contribution in [3.8, 4) is 0 Å². The molecule has 1 amide bonds. The Hall–Kier alpha value is -1.43. The van der Waals surface area contributed by atoms with E-state index in [-0.39, 0.29) is 18.5 Å². The van der Waals surface area contributed by atoms with Crippen LogP contribution in [0.2, 0.25) is 0 Å². The zero-order valence-corrected chi connectivity index (χ0v) is 15.8. The Morgan fingerprint density at radius 3 is 2.69 bits per heavy atom. The van der Waals surface area contributed by atoms with E-state index in [1.807, 2.05) is 29.3 Å². The number of carbonyl (C=O) groups excluding carboxylic acids is 1. The molecule has 3 aliphatic carbocycles. The predicted molar refractivity (Wildman–Crippen MR) is 101 cm³/mol. The van der Waals surface area contributed by atoms with E-state index in [0.717, 1.165) is 42.2 Å². The third-order valence-electron chi connectivity index (χ3n) is 6.99. The van der Waals surface area contributed by atoms with Crippen LogP contribution in [0.15, 0.2) is 24.3 Å². The molecule has 1 saturated heterocycles. The molecular weight excluding hydrogens is 326 g/mol. The van der Waals surface area contributed by atoms with Gasteiger partial charge in [-0.2, -0.15) is 5.06 Å². The minimum atomic E-state index is -0.207. The number of hydrogen-bond acceptors (Lipinski definition) is 3. The second-order valence-corrected chi connectivity index (χ2v) is 8.84. The quantitative estimate of drug-likeness (QED) is 0.875. The molecule has 0 radical (unpaired) electrons. The first kappa shape index (κ1) is 18.0. The van der Waals surface area contributed by atoms with Crippen LogP contribution in [-0.4, -0.2) is 29.7 Å². The third kappa shape index (κ3) is 3.28. The van der Waals surface area contributed by atoms with Gasteiger partial charge in [-0.25, -0.2) is 0 Å². The molecule has 1 aromatic rings. The minimum Gasteiger partial charge on any atom is -0.674 e. The number of hydroxylamine groups is 2. The number of hydrogen-bond donors (Lipinski definition) is 1. The largest absolute Gasteiger partial charge is 0.674 e. The maximum atomic E-state index is 12.9. The first-order chi connectivity index (χ1) is 12.5. The summed E-state index contributed by atoms with van der Waals surface area (Å²) in [7, 11) is 0. The fourth-order valence-electron chi connectivity index (χ4n) is 5.07. The lowest BCUT2D eigenvalue weighted by atomic mass is 9.48. The second kappa shape index (κ2) is 6.95. The monoisotopic (exact) mass is 356 g/mol. The van der Waals surface area contributed by atoms with Gasteiger partial charge in [0.15, 0.2) is 0 Å². The van der Waals surface area contributed by atoms with E-state index in [2.05, 4.69) is 19.2 Å². The number of nitrogens with one attached hydrogen (secondary N) is 2. The molecule has 3 saturated carbocycles. The highest BCUT2D eigenvalue weighted by molar-refractivity contribution is 5.82. The van der Waals surface area contributed by atoms with Crippen LogP contribution in [0, 0.1) is 17.3 Å². The Bertz CT molecular complexity index is 661. The van der Waals surface area contributed by atoms with Crippen molar-refractivity contribution in [3.05, 3.63) is 41.1 Å². The summed E-state index contributed by atoms with van der Waals surface area (Å²) in [6.45, 7) is 6.22. The van der Waals surface area contributed by atoms with Crippen LogP contribution in [0.5, 0.6) is 0 Å². The number of rotatable bonds is 5. The fourth-order valence-corrected chi connectivity index (χ4v) is 5.07. The first-order valence-electron chi connectivity index (χ1n) is 9.89. The summed E-state index contributed by atoms with van der Waals surface area (Å²) in [6.07, 6.45) is 4.32. The van der Waals surface area contributed by atoms with Crippen molar-refractivity contribution in [1.82, 2.24) is 10.4 Å². The molecule has 4 aliphatic rings. The minimum absolute atomic E-state index is 0.114. The van der Waals surface area contributed by atoms with E-state index in [1.165, 1.54) is 6.42 Å². The van der Waals surface area contributed by atoms with Crippen molar-refractivity contribution < 1.29 is 9.63 Å². The molecule has 5 rings (SSSR count). The van der Waals surface area contributed by atoms with Gasteiger partial charge in [0.25, 0.3) is 0 Å². The van der Waals surface area contributed by atoms with E-state index < -0.39 is 0 Å². The van der Waals surface area contributed by atoms with Gasteiger partial charge in [0, 0.05) is 12.6 Å². The van der Waals surface area contributed by atoms with E-state index in [0.29, 0.717) is 24.6 Å². The number of carbonyl (C=O) groups is 1. The van der Waals surface area contributed by atoms with Crippen LogP contribution in [0.4, 0.5) is 0 Å². The molecule has 5 heteroatoms. The summed E-state index contributed by atoms with van der Waals surface area (Å²) in [5.41, 5.74) is 10.1. The molecule has 1 unspecified atom stereocenters. The third-order valence-corrected chi connectivity index (χ3v) is 6.99. The van der Waals surface area contributed by atoms with E-state index >= 15 is 0 Å². The highest BCUT2D eigenvalue weighted by Crippen LogP contribution is 2.59. The first-order valence-corrected chi connectivity index (χ1v) is 9.89. The van der Waals surface area contributed by atoms with Crippen LogP contribution < -0.4 is 5.32 Å². The van der Waals surface area contributed by atoms with Gasteiger partial charge in [0.05, 0.1) is 6.61 Å². The summed E-state index contributed by atoms with van der Waals surface area (Å²) in [4.78, 5) is 18.6. The lowest BCUT2D eigenvalue weighted by Crippen LogP contribution is -2.57. The lowest BCUT2D eigenvalue weighted by molar-refractivity contribution is -0.159. The second-order valence-electron chi connectivity index (χ2n) is 8.84. The Morgan fingerprint density at radius 1 is 1.27 bits per heavy atom. The summed E-state index contributed by atoms with van der Waals surface area (Å²) in [6, 6.07) is 8.11. The topological polar surface area (TPSA) is 65.4 Å². The standard InChI is InChI=1S/C21H30N3O2/c1-21(2)16-9-17(21)11-18(10-16)23-20(25)19-6-7-26-24(19)13-15-5-3-4-14(8-15)12-22/h3-5,8,16-19,22H,6-7,9-13H2,1-2H3,(H,23,25)/q-1/t16-,17+,18?,19-/m0/s1. The number of amides is 1. The summed E-state index contributed by atoms with van der Waals surface area (Å²) >= 11 is 0. The van der Waals surface area contributed by atoms with E-state index in [1.54, 1.807) is 0 Å². The average Bonchev–Trinajstić information content (AvgIpc) is 3.10. The maximum absolute atomic E-state index is 12.9. The summed E-state index contributed by atoms with van der Waals surface area (Å²) in [5.74, 6) is 1.63. The molecule has 4 fully saturated rings. The molecule has 2 N–H and O–H groups in total. The highest BCUT2D eigenvalue weighted by atomic mass is 16.7. The van der Waals surface area contributed by atoms with Crippen LogP contribution in [0.25, 0.3) is 5.73 Å². The van der Waals surface area contributed by atoms with Crippen LogP contribution in [0.1, 0.15) is 50.7 Å². The molecule has 1 aromatic carbocycles. The lowest BCUT2D eigenvalue weighted by Gasteiger charge is -2.59. The van der Waals surface area contributed by atoms with Crippen LogP contribution >= 0.6 is 0 Å². The number of fused-ring (bicyclic) bond motifs is 2. The zero-order chi connectivity index (χ0) is 18.3. The Balaban J connectivity index is 1.35. The molecule has 0 spiro atoms. The maximum Gasteiger partial charge on any atom is 0.240 e. The highest BCUT2D eigenvalue weighted by Gasteiger charge is 2.53. The van der Waals surface area contributed by atoms with Crippen LogP contribution in [0.3, 0.4) is 0 Å². The predicted octanol–water partition coefficient (Wildman–Crippen LogP) is 3.69. The normalized spacial score (nSPS) is 32.9.